The van der Waals surface area contributed by atoms with Crippen molar-refractivity contribution in [2.75, 3.05) is 13.6 Å². The van der Waals surface area contributed by atoms with Crippen molar-refractivity contribution in [2.24, 2.45) is 11.7 Å². The first kappa shape index (κ1) is 13.1. The molecule has 1 rings (SSSR count). The maximum atomic E-state index is 11.8. The number of nitrogens with zero attached hydrogens (tertiary/aromatic N) is 1. The van der Waals surface area contributed by atoms with E-state index in [0.29, 0.717) is 18.0 Å². The number of rotatable bonds is 5. The second-order valence-electron chi connectivity index (χ2n) is 3.89. The van der Waals surface area contributed by atoms with Crippen LogP contribution in [0.1, 0.15) is 12.5 Å². The number of carbonyl (C=O) groups is 1. The summed E-state index contributed by atoms with van der Waals surface area (Å²) in [5.41, 5.74) is 6.58. The van der Waals surface area contributed by atoms with Crippen LogP contribution >= 0.6 is 23.6 Å². The van der Waals surface area contributed by atoms with Crippen LogP contribution in [0.5, 0.6) is 0 Å². The first-order valence-corrected chi connectivity index (χ1v) is 6.40. The van der Waals surface area contributed by atoms with Gasteiger partial charge in [-0.1, -0.05) is 19.1 Å². The van der Waals surface area contributed by atoms with Gasteiger partial charge in [-0.25, -0.2) is 0 Å². The van der Waals surface area contributed by atoms with E-state index in [1.54, 1.807) is 23.3 Å². The molecule has 3 nitrogen and oxygen atoms in total. The number of hydrogen-bond donors (Lipinski definition) is 1. The second-order valence-corrected chi connectivity index (χ2v) is 5.14. The van der Waals surface area contributed by atoms with Gasteiger partial charge in [0.2, 0.25) is 5.91 Å². The third-order valence-corrected chi connectivity index (χ3v) is 3.53. The smallest absolute Gasteiger partial charge is 0.226 e. The Hall–Kier alpha value is -0.940. The van der Waals surface area contributed by atoms with Crippen molar-refractivity contribution in [1.82, 2.24) is 4.90 Å². The maximum absolute atomic E-state index is 11.8. The van der Waals surface area contributed by atoms with E-state index < -0.39 is 0 Å². The van der Waals surface area contributed by atoms with Crippen molar-refractivity contribution in [1.29, 1.82) is 0 Å². The minimum atomic E-state index is 0.0615. The monoisotopic (exact) mass is 256 g/mol. The van der Waals surface area contributed by atoms with Gasteiger partial charge in [0.15, 0.2) is 0 Å². The first-order valence-electron chi connectivity index (χ1n) is 5.05. The topological polar surface area (TPSA) is 46.3 Å². The lowest BCUT2D eigenvalue weighted by Gasteiger charge is -2.20. The van der Waals surface area contributed by atoms with Crippen molar-refractivity contribution in [3.8, 4) is 0 Å². The number of likely N-dealkylation sites (N-methyl/N-ethyl adjacent to an activating group) is 1. The van der Waals surface area contributed by atoms with Crippen LogP contribution in [0.15, 0.2) is 16.8 Å². The molecule has 1 aromatic heterocycles. The summed E-state index contributed by atoms with van der Waals surface area (Å²) in [4.78, 5) is 14.0. The lowest BCUT2D eigenvalue weighted by molar-refractivity contribution is -0.129. The maximum Gasteiger partial charge on any atom is 0.226 e. The zero-order chi connectivity index (χ0) is 12.1. The predicted molar refractivity (Wildman–Crippen MR) is 71.6 cm³/mol. The fourth-order valence-corrected chi connectivity index (χ4v) is 2.05. The van der Waals surface area contributed by atoms with E-state index in [9.17, 15) is 4.79 Å². The standard InChI is InChI=1S/C11H16N2OS2/c1-8(11(12)15)6-13(2)10(14)5-9-3-4-16-7-9/h3-4,7-8H,5-6H2,1-2H3,(H2,12,15). The zero-order valence-corrected chi connectivity index (χ0v) is 11.1. The molecule has 0 radical (unpaired) electrons. The van der Waals surface area contributed by atoms with Gasteiger partial charge in [0.05, 0.1) is 11.4 Å². The first-order chi connectivity index (χ1) is 7.50. The molecule has 88 valence electrons. The molecule has 1 aromatic rings. The SMILES string of the molecule is CC(CN(C)C(=O)Cc1ccsc1)C(N)=S. The molecule has 0 fully saturated rings. The highest BCUT2D eigenvalue weighted by atomic mass is 32.1. The Balaban J connectivity index is 2.45. The summed E-state index contributed by atoms with van der Waals surface area (Å²) in [6, 6.07) is 1.97. The van der Waals surface area contributed by atoms with Crippen LogP contribution < -0.4 is 5.73 Å². The molecule has 0 aliphatic rings. The number of thiophene rings is 1. The van der Waals surface area contributed by atoms with E-state index in [1.165, 1.54) is 0 Å². The van der Waals surface area contributed by atoms with E-state index >= 15 is 0 Å². The fraction of sp³-hybridized carbons (Fsp3) is 0.455. The van der Waals surface area contributed by atoms with Crippen LogP contribution in [0, 0.1) is 5.92 Å². The number of carbonyl (C=O) groups excluding carboxylic acids is 1. The molecule has 0 saturated carbocycles. The van der Waals surface area contributed by atoms with Crippen LogP contribution in [0.4, 0.5) is 0 Å². The van der Waals surface area contributed by atoms with Crippen molar-refractivity contribution in [3.05, 3.63) is 22.4 Å². The molecule has 0 aliphatic carbocycles. The summed E-state index contributed by atoms with van der Waals surface area (Å²) < 4.78 is 0. The average molecular weight is 256 g/mol. The van der Waals surface area contributed by atoms with Gasteiger partial charge in [-0.2, -0.15) is 11.3 Å². The summed E-state index contributed by atoms with van der Waals surface area (Å²) in [6.07, 6.45) is 0.448. The fourth-order valence-electron chi connectivity index (χ4n) is 1.31. The molecule has 0 aliphatic heterocycles. The van der Waals surface area contributed by atoms with Crippen LogP contribution in [0.3, 0.4) is 0 Å². The summed E-state index contributed by atoms with van der Waals surface area (Å²) in [5.74, 6) is 0.160. The summed E-state index contributed by atoms with van der Waals surface area (Å²) in [5, 5.41) is 3.96. The van der Waals surface area contributed by atoms with Crippen LogP contribution in [-0.4, -0.2) is 29.4 Å². The Morgan fingerprint density at radius 2 is 2.38 bits per heavy atom. The van der Waals surface area contributed by atoms with Gasteiger partial charge in [-0.3, -0.25) is 4.79 Å². The normalized spacial score (nSPS) is 12.1. The van der Waals surface area contributed by atoms with Crippen LogP contribution in [0.25, 0.3) is 0 Å². The molecule has 0 aromatic carbocycles. The molecule has 0 saturated heterocycles. The second kappa shape index (κ2) is 5.96. The summed E-state index contributed by atoms with van der Waals surface area (Å²) in [7, 11) is 1.78. The van der Waals surface area contributed by atoms with Gasteiger partial charge in [-0.05, 0) is 22.4 Å². The zero-order valence-electron chi connectivity index (χ0n) is 9.47. The van der Waals surface area contributed by atoms with Gasteiger partial charge in [-0.15, -0.1) is 0 Å². The molecular weight excluding hydrogens is 240 g/mol. The average Bonchev–Trinajstić information content (AvgIpc) is 2.69. The predicted octanol–water partition coefficient (Wildman–Crippen LogP) is 1.67. The van der Waals surface area contributed by atoms with E-state index in [0.717, 1.165) is 5.56 Å². The van der Waals surface area contributed by atoms with Gasteiger partial charge >= 0.3 is 0 Å². The largest absolute Gasteiger partial charge is 0.393 e. The molecule has 16 heavy (non-hydrogen) atoms. The highest BCUT2D eigenvalue weighted by molar-refractivity contribution is 7.80. The minimum Gasteiger partial charge on any atom is -0.393 e. The summed E-state index contributed by atoms with van der Waals surface area (Å²) >= 11 is 6.48. The molecule has 0 bridgehead atoms. The molecule has 1 amide bonds. The number of thiocarbonyl (C=S) groups is 1. The number of amides is 1. The number of hydrogen-bond acceptors (Lipinski definition) is 3. The van der Waals surface area contributed by atoms with E-state index in [1.807, 2.05) is 23.8 Å². The van der Waals surface area contributed by atoms with Gasteiger partial charge in [0.1, 0.15) is 0 Å². The molecular formula is C11H16N2OS2. The lowest BCUT2D eigenvalue weighted by atomic mass is 10.1. The van der Waals surface area contributed by atoms with E-state index in [4.69, 9.17) is 18.0 Å². The van der Waals surface area contributed by atoms with Crippen LogP contribution in [0.2, 0.25) is 0 Å². The number of nitrogens with two attached hydrogens (primary N) is 1. The third kappa shape index (κ3) is 3.90. The van der Waals surface area contributed by atoms with Crippen molar-refractivity contribution in [3.63, 3.8) is 0 Å². The summed E-state index contributed by atoms with van der Waals surface area (Å²) in [6.45, 7) is 2.51. The quantitative estimate of drug-likeness (QED) is 0.815. The van der Waals surface area contributed by atoms with Crippen molar-refractivity contribution < 1.29 is 4.79 Å². The highest BCUT2D eigenvalue weighted by Crippen LogP contribution is 2.08. The molecule has 0 spiro atoms. The molecule has 1 atom stereocenters. The van der Waals surface area contributed by atoms with Crippen molar-refractivity contribution in [2.45, 2.75) is 13.3 Å². The Morgan fingerprint density at radius 3 is 2.88 bits per heavy atom. The van der Waals surface area contributed by atoms with Gasteiger partial charge in [0.25, 0.3) is 0 Å². The van der Waals surface area contributed by atoms with E-state index in [-0.39, 0.29) is 11.8 Å². The molecule has 2 N–H and O–H groups in total. The van der Waals surface area contributed by atoms with E-state index in [2.05, 4.69) is 0 Å². The Labute approximate surface area is 105 Å². The molecule has 5 heteroatoms. The molecule has 1 heterocycles. The Kier molecular flexibility index (Phi) is 4.89. The van der Waals surface area contributed by atoms with Gasteiger partial charge < -0.3 is 10.6 Å². The Bertz CT molecular complexity index is 362. The lowest BCUT2D eigenvalue weighted by Crippen LogP contribution is -2.36. The van der Waals surface area contributed by atoms with Crippen LogP contribution in [-0.2, 0) is 11.2 Å². The molecule has 1 unspecified atom stereocenters. The third-order valence-electron chi connectivity index (χ3n) is 2.39. The van der Waals surface area contributed by atoms with Crippen molar-refractivity contribution >= 4 is 34.5 Å². The van der Waals surface area contributed by atoms with Gasteiger partial charge in [0, 0.05) is 19.5 Å². The highest BCUT2D eigenvalue weighted by Gasteiger charge is 2.14. The minimum absolute atomic E-state index is 0.0615. The Morgan fingerprint density at radius 1 is 1.69 bits per heavy atom.